The predicted molar refractivity (Wildman–Crippen MR) is 63.6 cm³/mol. The molecule has 6 nitrogen and oxygen atoms in total. The van der Waals surface area contributed by atoms with Crippen LogP contribution in [0.4, 0.5) is 5.69 Å². The fraction of sp³-hybridized carbons (Fsp3) is 0.500. The molecule has 0 saturated heterocycles. The van der Waals surface area contributed by atoms with Gasteiger partial charge in [0.05, 0.1) is 24.2 Å². The molecule has 0 radical (unpaired) electrons. The highest BCUT2D eigenvalue weighted by molar-refractivity contribution is 7.89. The molecule has 0 amide bonds. The Morgan fingerprint density at radius 1 is 1.41 bits per heavy atom. The number of nitrogens with two attached hydrogens (primary N) is 1. The normalized spacial score (nSPS) is 15.7. The number of aromatic nitrogens is 1. The molecule has 7 heteroatoms. The molecule has 0 aliphatic heterocycles. The zero-order chi connectivity index (χ0) is 12.6. The van der Waals surface area contributed by atoms with Gasteiger partial charge in [-0.1, -0.05) is 0 Å². The van der Waals surface area contributed by atoms with Gasteiger partial charge in [-0.2, -0.15) is 0 Å². The van der Waals surface area contributed by atoms with Crippen LogP contribution in [0.15, 0.2) is 17.3 Å². The van der Waals surface area contributed by atoms with Gasteiger partial charge in [-0.25, -0.2) is 13.6 Å². The minimum absolute atomic E-state index is 0.00407. The van der Waals surface area contributed by atoms with E-state index in [0.717, 1.165) is 12.8 Å². The summed E-state index contributed by atoms with van der Waals surface area (Å²) >= 11 is 0. The largest absolute Gasteiger partial charge is 0.487 e. The zero-order valence-corrected chi connectivity index (χ0v) is 10.6. The van der Waals surface area contributed by atoms with Gasteiger partial charge in [0.1, 0.15) is 0 Å². The first-order valence-corrected chi connectivity index (χ1v) is 6.79. The number of hydrogen-bond acceptors (Lipinski definition) is 5. The highest BCUT2D eigenvalue weighted by Gasteiger charge is 2.28. The lowest BCUT2D eigenvalue weighted by molar-refractivity contribution is 0.294. The lowest BCUT2D eigenvalue weighted by atomic mass is 10.4. The molecule has 0 unspecified atom stereocenters. The van der Waals surface area contributed by atoms with E-state index in [9.17, 15) is 8.42 Å². The number of ether oxygens (including phenoxy) is 1. The highest BCUT2D eigenvalue weighted by Crippen LogP contribution is 2.35. The summed E-state index contributed by atoms with van der Waals surface area (Å²) in [5.41, 5.74) is 0.436. The van der Waals surface area contributed by atoms with Crippen molar-refractivity contribution >= 4 is 15.7 Å². The van der Waals surface area contributed by atoms with Gasteiger partial charge in [0.2, 0.25) is 10.0 Å². The van der Waals surface area contributed by atoms with Gasteiger partial charge < -0.3 is 9.64 Å². The molecule has 1 aromatic rings. The third-order valence-corrected chi connectivity index (χ3v) is 3.41. The number of primary sulfonamides is 1. The van der Waals surface area contributed by atoms with Crippen LogP contribution >= 0.6 is 0 Å². The second-order valence-corrected chi connectivity index (χ2v) is 5.74. The van der Waals surface area contributed by atoms with E-state index in [1.54, 1.807) is 19.0 Å². The van der Waals surface area contributed by atoms with Crippen LogP contribution in [0, 0.1) is 0 Å². The number of pyridine rings is 1. The van der Waals surface area contributed by atoms with Crippen LogP contribution < -0.4 is 14.8 Å². The zero-order valence-electron chi connectivity index (χ0n) is 9.75. The second kappa shape index (κ2) is 4.15. The van der Waals surface area contributed by atoms with Gasteiger partial charge in [0.25, 0.3) is 0 Å². The van der Waals surface area contributed by atoms with Crippen LogP contribution in [0.5, 0.6) is 5.75 Å². The van der Waals surface area contributed by atoms with E-state index in [1.165, 1.54) is 12.4 Å². The molecule has 2 N–H and O–H groups in total. The summed E-state index contributed by atoms with van der Waals surface area (Å²) < 4.78 is 28.8. The molecule has 17 heavy (non-hydrogen) atoms. The van der Waals surface area contributed by atoms with Crippen LogP contribution in [-0.2, 0) is 10.0 Å². The Labute approximate surface area is 100 Å². The monoisotopic (exact) mass is 257 g/mol. The number of sulfonamides is 1. The number of nitrogens with zero attached hydrogens (tertiary/aromatic N) is 2. The van der Waals surface area contributed by atoms with Crippen LogP contribution in [-0.4, -0.2) is 33.6 Å². The maximum absolute atomic E-state index is 11.6. The van der Waals surface area contributed by atoms with Crippen molar-refractivity contribution in [3.05, 3.63) is 12.4 Å². The lowest BCUT2D eigenvalue weighted by Crippen LogP contribution is -2.20. The Balaban J connectivity index is 2.53. The van der Waals surface area contributed by atoms with E-state index < -0.39 is 10.0 Å². The summed E-state index contributed by atoms with van der Waals surface area (Å²) in [5, 5.41) is 5.23. The van der Waals surface area contributed by atoms with Gasteiger partial charge >= 0.3 is 0 Å². The maximum atomic E-state index is 11.6. The van der Waals surface area contributed by atoms with E-state index in [-0.39, 0.29) is 16.7 Å². The second-order valence-electron chi connectivity index (χ2n) is 4.24. The predicted octanol–water partition coefficient (Wildman–Crippen LogP) is 0.336. The molecule has 1 aliphatic carbocycles. The SMILES string of the molecule is CN(C)c1cncc(OC2CC2)c1S(N)(=O)=O. The minimum atomic E-state index is -3.83. The van der Waals surface area contributed by atoms with Crippen molar-refractivity contribution in [2.45, 2.75) is 23.8 Å². The van der Waals surface area contributed by atoms with Crippen molar-refractivity contribution in [2.24, 2.45) is 5.14 Å². The van der Waals surface area contributed by atoms with Crippen molar-refractivity contribution in [3.63, 3.8) is 0 Å². The molecule has 1 aliphatic rings. The Bertz CT molecular complexity index is 524. The molecule has 0 aromatic carbocycles. The van der Waals surface area contributed by atoms with Crippen LogP contribution in [0.25, 0.3) is 0 Å². The molecule has 94 valence electrons. The standard InChI is InChI=1S/C10H15N3O3S/c1-13(2)8-5-12-6-9(16-7-3-4-7)10(8)17(11,14)15/h5-7H,3-4H2,1-2H3,(H2,11,14,15). The first kappa shape index (κ1) is 12.1. The van der Waals surface area contributed by atoms with Gasteiger partial charge in [-0.05, 0) is 12.8 Å². The quantitative estimate of drug-likeness (QED) is 0.840. The highest BCUT2D eigenvalue weighted by atomic mass is 32.2. The molecule has 1 fully saturated rings. The average Bonchev–Trinajstić information content (AvgIpc) is 2.99. The Morgan fingerprint density at radius 2 is 2.06 bits per heavy atom. The van der Waals surface area contributed by atoms with E-state index in [4.69, 9.17) is 9.88 Å². The molecule has 0 spiro atoms. The molecular formula is C10H15N3O3S. The molecule has 1 heterocycles. The van der Waals surface area contributed by atoms with Crippen molar-refractivity contribution in [2.75, 3.05) is 19.0 Å². The average molecular weight is 257 g/mol. The summed E-state index contributed by atoms with van der Waals surface area (Å²) in [5.74, 6) is 0.237. The summed E-state index contributed by atoms with van der Waals surface area (Å²) in [6.07, 6.45) is 4.83. The van der Waals surface area contributed by atoms with Crippen molar-refractivity contribution in [1.82, 2.24) is 4.98 Å². The third kappa shape index (κ3) is 2.67. The number of hydrogen-bond donors (Lipinski definition) is 1. The minimum Gasteiger partial charge on any atom is -0.487 e. The summed E-state index contributed by atoms with van der Waals surface area (Å²) in [7, 11) is -0.376. The Morgan fingerprint density at radius 3 is 2.53 bits per heavy atom. The first-order valence-electron chi connectivity index (χ1n) is 5.24. The van der Waals surface area contributed by atoms with E-state index in [0.29, 0.717) is 5.69 Å². The fourth-order valence-electron chi connectivity index (χ4n) is 1.47. The van der Waals surface area contributed by atoms with Gasteiger partial charge in [0.15, 0.2) is 10.6 Å². The maximum Gasteiger partial charge on any atom is 0.243 e. The summed E-state index contributed by atoms with van der Waals surface area (Å²) in [6, 6.07) is 0. The van der Waals surface area contributed by atoms with Crippen molar-refractivity contribution in [3.8, 4) is 5.75 Å². The number of rotatable bonds is 4. The molecular weight excluding hydrogens is 242 g/mol. The topological polar surface area (TPSA) is 85.5 Å². The van der Waals surface area contributed by atoms with Gasteiger partial charge in [-0.3, -0.25) is 4.98 Å². The number of anilines is 1. The molecule has 0 atom stereocenters. The van der Waals surface area contributed by atoms with Gasteiger partial charge in [0, 0.05) is 14.1 Å². The van der Waals surface area contributed by atoms with Gasteiger partial charge in [-0.15, -0.1) is 0 Å². The molecule has 0 bridgehead atoms. The van der Waals surface area contributed by atoms with Crippen LogP contribution in [0.3, 0.4) is 0 Å². The van der Waals surface area contributed by atoms with Crippen molar-refractivity contribution in [1.29, 1.82) is 0 Å². The Kier molecular flexibility index (Phi) is 2.96. The Hall–Kier alpha value is -1.34. The van der Waals surface area contributed by atoms with E-state index in [1.807, 2.05) is 0 Å². The van der Waals surface area contributed by atoms with E-state index in [2.05, 4.69) is 4.98 Å². The third-order valence-electron chi connectivity index (χ3n) is 2.43. The first-order chi connectivity index (χ1) is 7.89. The smallest absolute Gasteiger partial charge is 0.243 e. The summed E-state index contributed by atoms with van der Waals surface area (Å²) in [6.45, 7) is 0. The molecule has 2 rings (SSSR count). The van der Waals surface area contributed by atoms with Crippen molar-refractivity contribution < 1.29 is 13.2 Å². The van der Waals surface area contributed by atoms with Crippen LogP contribution in [0.1, 0.15) is 12.8 Å². The molecule has 1 saturated carbocycles. The fourth-order valence-corrected chi connectivity index (χ4v) is 2.38. The molecule has 1 aromatic heterocycles. The van der Waals surface area contributed by atoms with Crippen LogP contribution in [0.2, 0.25) is 0 Å². The summed E-state index contributed by atoms with van der Waals surface area (Å²) in [4.78, 5) is 5.62. The van der Waals surface area contributed by atoms with E-state index >= 15 is 0 Å². The lowest BCUT2D eigenvalue weighted by Gasteiger charge is -2.18.